The van der Waals surface area contributed by atoms with Gasteiger partial charge in [0.2, 0.25) is 0 Å². The van der Waals surface area contributed by atoms with Crippen LogP contribution in [0.25, 0.3) is 0 Å². The van der Waals surface area contributed by atoms with Gasteiger partial charge < -0.3 is 15.5 Å². The summed E-state index contributed by atoms with van der Waals surface area (Å²) in [6.07, 6.45) is 1.38. The van der Waals surface area contributed by atoms with Gasteiger partial charge >= 0.3 is 6.18 Å². The molecule has 5 fully saturated rings. The molecule has 9 heteroatoms. The molecule has 5 aliphatic rings. The van der Waals surface area contributed by atoms with Crippen LogP contribution in [0.1, 0.15) is 79.9 Å². The maximum atomic E-state index is 13.9. The SMILES string of the molecule is O=C(NC1[C@H]2CC3C[C@H]1CC(O)(C3)C2)c1cnn(C2CCC(O)CC2)c1C(F)(F)F. The lowest BCUT2D eigenvalue weighted by Crippen LogP contribution is -2.61. The van der Waals surface area contributed by atoms with Gasteiger partial charge in [0.1, 0.15) is 0 Å². The molecule has 0 unspecified atom stereocenters. The van der Waals surface area contributed by atoms with Gasteiger partial charge in [0, 0.05) is 6.04 Å². The fraction of sp³-hybridized carbons (Fsp3) is 0.810. The summed E-state index contributed by atoms with van der Waals surface area (Å²) in [4.78, 5) is 13.0. The Labute approximate surface area is 172 Å². The summed E-state index contributed by atoms with van der Waals surface area (Å²) in [6.45, 7) is 0. The van der Waals surface area contributed by atoms with Gasteiger partial charge in [-0.05, 0) is 75.5 Å². The lowest BCUT2D eigenvalue weighted by molar-refractivity contribution is -0.145. The van der Waals surface area contributed by atoms with E-state index in [4.69, 9.17) is 0 Å². The number of carbonyl (C=O) groups excluding carboxylic acids is 1. The van der Waals surface area contributed by atoms with Crippen LogP contribution in [0.2, 0.25) is 0 Å². The number of halogens is 3. The number of amides is 1. The van der Waals surface area contributed by atoms with E-state index in [1.54, 1.807) is 0 Å². The van der Waals surface area contributed by atoms with Gasteiger partial charge in [0.25, 0.3) is 5.91 Å². The molecule has 1 aromatic heterocycles. The second kappa shape index (κ2) is 6.95. The fourth-order valence-electron chi connectivity index (χ4n) is 6.84. The molecule has 0 spiro atoms. The highest BCUT2D eigenvalue weighted by molar-refractivity contribution is 5.95. The molecule has 6 rings (SSSR count). The predicted octanol–water partition coefficient (Wildman–Crippen LogP) is 3.05. The maximum Gasteiger partial charge on any atom is 0.433 e. The minimum Gasteiger partial charge on any atom is -0.393 e. The number of hydrogen-bond acceptors (Lipinski definition) is 4. The van der Waals surface area contributed by atoms with E-state index in [2.05, 4.69) is 10.4 Å². The van der Waals surface area contributed by atoms with Crippen LogP contribution in [-0.4, -0.2) is 43.6 Å². The van der Waals surface area contributed by atoms with Crippen LogP contribution in [-0.2, 0) is 6.18 Å². The van der Waals surface area contributed by atoms with Crippen LogP contribution in [0, 0.1) is 17.8 Å². The minimum atomic E-state index is -4.70. The zero-order valence-corrected chi connectivity index (χ0v) is 16.7. The highest BCUT2D eigenvalue weighted by atomic mass is 19.4. The van der Waals surface area contributed by atoms with Crippen molar-refractivity contribution < 1.29 is 28.2 Å². The summed E-state index contributed by atoms with van der Waals surface area (Å²) >= 11 is 0. The Morgan fingerprint density at radius 1 is 1.13 bits per heavy atom. The van der Waals surface area contributed by atoms with Crippen LogP contribution in [0.3, 0.4) is 0 Å². The minimum absolute atomic E-state index is 0.120. The Kier molecular flexibility index (Phi) is 4.70. The quantitative estimate of drug-likeness (QED) is 0.692. The van der Waals surface area contributed by atoms with Crippen LogP contribution < -0.4 is 5.32 Å². The molecule has 0 radical (unpaired) electrons. The highest BCUT2D eigenvalue weighted by Gasteiger charge is 2.55. The van der Waals surface area contributed by atoms with Crippen LogP contribution in [0.4, 0.5) is 13.2 Å². The molecule has 166 valence electrons. The molecular formula is C21H28F3N3O3. The molecule has 2 atom stereocenters. The Hall–Kier alpha value is -1.61. The Bertz CT molecular complexity index is 815. The van der Waals surface area contributed by atoms with Gasteiger partial charge in [-0.15, -0.1) is 0 Å². The first kappa shape index (κ1) is 20.3. The van der Waals surface area contributed by atoms with E-state index in [0.29, 0.717) is 44.4 Å². The van der Waals surface area contributed by atoms with Crippen molar-refractivity contribution >= 4 is 5.91 Å². The number of carbonyl (C=O) groups is 1. The van der Waals surface area contributed by atoms with Gasteiger partial charge in [0.15, 0.2) is 5.69 Å². The molecule has 4 bridgehead atoms. The first-order chi connectivity index (χ1) is 14.1. The molecule has 5 aliphatic carbocycles. The number of nitrogens with one attached hydrogen (secondary N) is 1. The second-order valence-corrected chi connectivity index (χ2v) is 10.0. The molecule has 30 heavy (non-hydrogen) atoms. The molecule has 0 aliphatic heterocycles. The number of aliphatic hydroxyl groups excluding tert-OH is 1. The van der Waals surface area contributed by atoms with Crippen molar-refractivity contribution in [3.63, 3.8) is 0 Å². The zero-order valence-electron chi connectivity index (χ0n) is 16.7. The van der Waals surface area contributed by atoms with Gasteiger partial charge in [0.05, 0.1) is 29.5 Å². The van der Waals surface area contributed by atoms with E-state index in [0.717, 1.165) is 30.1 Å². The standard InChI is InChI=1S/C21H28F3N3O3/c22-21(23,24)18-16(10-25-27(18)14-1-3-15(28)4-2-14)19(29)26-17-12-5-11-6-13(17)9-20(30,7-11)8-12/h10-15,17,28,30H,1-9H2,(H,26,29)/t11?,12-,13-,14?,15?,17?,20?/m0/s1. The summed E-state index contributed by atoms with van der Waals surface area (Å²) in [7, 11) is 0. The number of rotatable bonds is 3. The summed E-state index contributed by atoms with van der Waals surface area (Å²) in [5, 5.41) is 27.2. The molecule has 1 heterocycles. The zero-order chi connectivity index (χ0) is 21.3. The lowest BCUT2D eigenvalue weighted by atomic mass is 9.52. The van der Waals surface area contributed by atoms with E-state index < -0.39 is 41.1 Å². The van der Waals surface area contributed by atoms with E-state index in [1.807, 2.05) is 0 Å². The van der Waals surface area contributed by atoms with Crippen LogP contribution in [0.5, 0.6) is 0 Å². The maximum absolute atomic E-state index is 13.9. The Morgan fingerprint density at radius 3 is 2.33 bits per heavy atom. The van der Waals surface area contributed by atoms with Crippen molar-refractivity contribution in [3.8, 4) is 0 Å². The topological polar surface area (TPSA) is 87.4 Å². The van der Waals surface area contributed by atoms with Crippen molar-refractivity contribution in [3.05, 3.63) is 17.5 Å². The third-order valence-corrected chi connectivity index (χ3v) is 7.86. The van der Waals surface area contributed by atoms with Gasteiger partial charge in [-0.3, -0.25) is 9.48 Å². The van der Waals surface area contributed by atoms with Crippen molar-refractivity contribution in [2.24, 2.45) is 17.8 Å². The van der Waals surface area contributed by atoms with Gasteiger partial charge in [-0.2, -0.15) is 18.3 Å². The summed E-state index contributed by atoms with van der Waals surface area (Å²) in [5.74, 6) is -0.0338. The molecule has 0 saturated heterocycles. The summed E-state index contributed by atoms with van der Waals surface area (Å²) in [6, 6.07) is -0.661. The summed E-state index contributed by atoms with van der Waals surface area (Å²) in [5.41, 5.74) is -2.09. The molecule has 5 saturated carbocycles. The number of alkyl halides is 3. The fourth-order valence-corrected chi connectivity index (χ4v) is 6.84. The molecular weight excluding hydrogens is 399 g/mol. The van der Waals surface area contributed by atoms with E-state index in [1.165, 1.54) is 0 Å². The number of nitrogens with zero attached hydrogens (tertiary/aromatic N) is 2. The van der Waals surface area contributed by atoms with E-state index in [9.17, 15) is 28.2 Å². The Balaban J connectivity index is 1.38. The first-order valence-corrected chi connectivity index (χ1v) is 11.0. The smallest absolute Gasteiger partial charge is 0.393 e. The average Bonchev–Trinajstić information content (AvgIpc) is 3.09. The average molecular weight is 427 g/mol. The van der Waals surface area contributed by atoms with Crippen molar-refractivity contribution in [2.45, 2.75) is 87.8 Å². The molecule has 6 nitrogen and oxygen atoms in total. The van der Waals surface area contributed by atoms with Crippen molar-refractivity contribution in [1.29, 1.82) is 0 Å². The first-order valence-electron chi connectivity index (χ1n) is 11.0. The second-order valence-electron chi connectivity index (χ2n) is 10.0. The van der Waals surface area contributed by atoms with Gasteiger partial charge in [-0.25, -0.2) is 0 Å². The number of aromatic nitrogens is 2. The molecule has 3 N–H and O–H groups in total. The van der Waals surface area contributed by atoms with Crippen LogP contribution >= 0.6 is 0 Å². The normalized spacial score (nSPS) is 40.6. The third kappa shape index (κ3) is 3.43. The predicted molar refractivity (Wildman–Crippen MR) is 100 cm³/mol. The third-order valence-electron chi connectivity index (χ3n) is 7.86. The van der Waals surface area contributed by atoms with Crippen molar-refractivity contribution in [2.75, 3.05) is 0 Å². The monoisotopic (exact) mass is 427 g/mol. The summed E-state index contributed by atoms with van der Waals surface area (Å²) < 4.78 is 42.7. The number of aliphatic hydroxyl groups is 2. The van der Waals surface area contributed by atoms with E-state index in [-0.39, 0.29) is 17.9 Å². The van der Waals surface area contributed by atoms with Crippen molar-refractivity contribution in [1.82, 2.24) is 15.1 Å². The lowest BCUT2D eigenvalue weighted by Gasteiger charge is -2.58. The largest absolute Gasteiger partial charge is 0.433 e. The van der Waals surface area contributed by atoms with Crippen LogP contribution in [0.15, 0.2) is 6.20 Å². The van der Waals surface area contributed by atoms with E-state index >= 15 is 0 Å². The molecule has 1 aromatic rings. The highest BCUT2D eigenvalue weighted by Crippen LogP contribution is 2.55. The van der Waals surface area contributed by atoms with Gasteiger partial charge in [-0.1, -0.05) is 0 Å². The number of hydrogen-bond donors (Lipinski definition) is 3. The Morgan fingerprint density at radius 2 is 1.77 bits per heavy atom. The molecule has 0 aromatic carbocycles. The molecule has 1 amide bonds.